The van der Waals surface area contributed by atoms with Crippen molar-refractivity contribution in [2.75, 3.05) is 0 Å². The lowest BCUT2D eigenvalue weighted by Gasteiger charge is -2.24. The monoisotopic (exact) mass is 483 g/mol. The van der Waals surface area contributed by atoms with Crippen LogP contribution >= 0.6 is 0 Å². The molecule has 0 aliphatic carbocycles. The zero-order valence-corrected chi connectivity index (χ0v) is 19.3. The van der Waals surface area contributed by atoms with Crippen LogP contribution < -0.4 is 5.32 Å². The van der Waals surface area contributed by atoms with E-state index in [0.29, 0.717) is 47.3 Å². The molecule has 182 valence electrons. The molecule has 3 aromatic heterocycles. The first-order valence-corrected chi connectivity index (χ1v) is 11.4. The summed E-state index contributed by atoms with van der Waals surface area (Å²) in [7, 11) is 0. The van der Waals surface area contributed by atoms with Crippen molar-refractivity contribution in [1.82, 2.24) is 34.4 Å². The third-order valence-electron chi connectivity index (χ3n) is 6.23. The molecule has 1 unspecified atom stereocenters. The highest BCUT2D eigenvalue weighted by Crippen LogP contribution is 2.34. The van der Waals surface area contributed by atoms with Gasteiger partial charge in [0.15, 0.2) is 5.82 Å². The van der Waals surface area contributed by atoms with E-state index >= 15 is 0 Å². The second kappa shape index (κ2) is 8.79. The zero-order valence-electron chi connectivity index (χ0n) is 19.3. The summed E-state index contributed by atoms with van der Waals surface area (Å²) in [5, 5.41) is 7.32. The number of nitrogens with one attached hydrogen (secondary N) is 1. The molecule has 1 amide bonds. The van der Waals surface area contributed by atoms with Gasteiger partial charge in [0.05, 0.1) is 11.6 Å². The molecule has 0 saturated heterocycles. The fourth-order valence-corrected chi connectivity index (χ4v) is 4.31. The van der Waals surface area contributed by atoms with Gasteiger partial charge in [0.1, 0.15) is 11.5 Å². The molecule has 35 heavy (non-hydrogen) atoms. The zero-order chi connectivity index (χ0) is 24.7. The van der Waals surface area contributed by atoms with E-state index in [1.807, 2.05) is 44.3 Å². The summed E-state index contributed by atoms with van der Waals surface area (Å²) in [6.45, 7) is 4.35. The van der Waals surface area contributed by atoms with Crippen LogP contribution in [0.4, 0.5) is 13.2 Å². The summed E-state index contributed by atoms with van der Waals surface area (Å²) in [4.78, 5) is 26.1. The topological polar surface area (TPSA) is 90.0 Å². The van der Waals surface area contributed by atoms with Crippen molar-refractivity contribution in [2.24, 2.45) is 5.92 Å². The summed E-state index contributed by atoms with van der Waals surface area (Å²) >= 11 is 0. The number of aryl methyl sites for hydroxylation is 3. The fourth-order valence-electron chi connectivity index (χ4n) is 4.31. The molecule has 8 nitrogen and oxygen atoms in total. The molecule has 0 saturated carbocycles. The predicted molar refractivity (Wildman–Crippen MR) is 122 cm³/mol. The Hall–Kier alpha value is -3.76. The number of benzene rings is 1. The molecule has 11 heteroatoms. The van der Waals surface area contributed by atoms with E-state index in [4.69, 9.17) is 0 Å². The Morgan fingerprint density at radius 1 is 1.20 bits per heavy atom. The summed E-state index contributed by atoms with van der Waals surface area (Å²) in [6, 6.07) is 7.30. The number of imidazole rings is 1. The standard InChI is InChI=1S/C24H24F3N7O/c1-3-18-20(33-13-14(2)11-29-23(33)30-18)22(35)28-12-15-4-6-16(7-5-15)21-31-19-10-17(24(25,26)27)8-9-34(19)32-21/h4-7,11,13,17H,3,8-10,12H2,1-2H3,(H,28,35). The second-order valence-corrected chi connectivity index (χ2v) is 8.75. The summed E-state index contributed by atoms with van der Waals surface area (Å²) in [6.07, 6.45) is -0.207. The largest absolute Gasteiger partial charge is 0.392 e. The van der Waals surface area contributed by atoms with Crippen LogP contribution in [0.15, 0.2) is 36.7 Å². The number of carbonyl (C=O) groups excluding carboxylic acids is 1. The highest BCUT2D eigenvalue weighted by molar-refractivity contribution is 5.94. The van der Waals surface area contributed by atoms with Crippen LogP contribution in [0.5, 0.6) is 0 Å². The maximum Gasteiger partial charge on any atom is 0.392 e. The maximum absolute atomic E-state index is 13.1. The summed E-state index contributed by atoms with van der Waals surface area (Å²) in [5.41, 5.74) is 3.65. The molecular weight excluding hydrogens is 459 g/mol. The van der Waals surface area contributed by atoms with Gasteiger partial charge in [-0.1, -0.05) is 31.2 Å². The van der Waals surface area contributed by atoms with E-state index in [9.17, 15) is 18.0 Å². The van der Waals surface area contributed by atoms with Gasteiger partial charge in [-0.2, -0.15) is 18.3 Å². The summed E-state index contributed by atoms with van der Waals surface area (Å²) < 4.78 is 42.5. The molecule has 5 rings (SSSR count). The van der Waals surface area contributed by atoms with Crippen LogP contribution in [0, 0.1) is 12.8 Å². The Labute approximate surface area is 199 Å². The van der Waals surface area contributed by atoms with Crippen molar-refractivity contribution in [1.29, 1.82) is 0 Å². The Balaban J connectivity index is 1.28. The average Bonchev–Trinajstić information content (AvgIpc) is 3.42. The lowest BCUT2D eigenvalue weighted by atomic mass is 9.98. The first kappa shape index (κ1) is 23.0. The van der Waals surface area contributed by atoms with Crippen LogP contribution in [-0.2, 0) is 25.9 Å². The fraction of sp³-hybridized carbons (Fsp3) is 0.375. The minimum Gasteiger partial charge on any atom is -0.347 e. The lowest BCUT2D eigenvalue weighted by Crippen LogP contribution is -2.31. The first-order chi connectivity index (χ1) is 16.7. The second-order valence-electron chi connectivity index (χ2n) is 8.75. The Morgan fingerprint density at radius 3 is 2.69 bits per heavy atom. The molecule has 4 aromatic rings. The molecule has 1 atom stereocenters. The SMILES string of the molecule is CCc1nc2ncc(C)cn2c1C(=O)NCc1ccc(-c2nc3n(n2)CCC(C(F)(F)F)C3)cc1. The molecule has 1 N–H and O–H groups in total. The van der Waals surface area contributed by atoms with Gasteiger partial charge in [-0.3, -0.25) is 9.20 Å². The molecule has 1 aromatic carbocycles. The highest BCUT2D eigenvalue weighted by Gasteiger charge is 2.42. The van der Waals surface area contributed by atoms with Crippen LogP contribution in [0.25, 0.3) is 17.2 Å². The quantitative estimate of drug-likeness (QED) is 0.465. The van der Waals surface area contributed by atoms with Crippen molar-refractivity contribution in [3.05, 3.63) is 65.0 Å². The number of alkyl halides is 3. The minimum atomic E-state index is -4.22. The summed E-state index contributed by atoms with van der Waals surface area (Å²) in [5.74, 6) is -0.375. The third-order valence-corrected chi connectivity index (χ3v) is 6.23. The van der Waals surface area contributed by atoms with Gasteiger partial charge in [-0.05, 0) is 30.9 Å². The van der Waals surface area contributed by atoms with Gasteiger partial charge in [0.2, 0.25) is 5.78 Å². The third kappa shape index (κ3) is 4.50. The molecule has 0 bridgehead atoms. The van der Waals surface area contributed by atoms with E-state index in [1.165, 1.54) is 0 Å². The van der Waals surface area contributed by atoms with Crippen molar-refractivity contribution < 1.29 is 18.0 Å². The number of halogens is 3. The van der Waals surface area contributed by atoms with Crippen molar-refractivity contribution in [3.63, 3.8) is 0 Å². The number of amides is 1. The molecule has 1 aliphatic heterocycles. The number of rotatable bonds is 5. The lowest BCUT2D eigenvalue weighted by molar-refractivity contribution is -0.179. The van der Waals surface area contributed by atoms with E-state index < -0.39 is 12.1 Å². The van der Waals surface area contributed by atoms with Gasteiger partial charge in [0, 0.05) is 37.5 Å². The van der Waals surface area contributed by atoms with Gasteiger partial charge in [-0.25, -0.2) is 19.6 Å². The van der Waals surface area contributed by atoms with Crippen LogP contribution in [0.1, 0.15) is 46.5 Å². The van der Waals surface area contributed by atoms with Crippen molar-refractivity contribution in [2.45, 2.75) is 52.4 Å². The van der Waals surface area contributed by atoms with Crippen molar-refractivity contribution in [3.8, 4) is 11.4 Å². The van der Waals surface area contributed by atoms with Gasteiger partial charge < -0.3 is 5.32 Å². The molecule has 0 spiro atoms. The number of carbonyl (C=O) groups is 1. The molecule has 1 aliphatic rings. The first-order valence-electron chi connectivity index (χ1n) is 11.4. The Bertz CT molecular complexity index is 1390. The minimum absolute atomic E-state index is 0.0137. The van der Waals surface area contributed by atoms with Crippen LogP contribution in [0.3, 0.4) is 0 Å². The Morgan fingerprint density at radius 2 is 1.97 bits per heavy atom. The maximum atomic E-state index is 13.1. The van der Waals surface area contributed by atoms with E-state index in [-0.39, 0.29) is 25.3 Å². The van der Waals surface area contributed by atoms with Gasteiger partial charge >= 0.3 is 6.18 Å². The number of hydrogen-bond acceptors (Lipinski definition) is 5. The van der Waals surface area contributed by atoms with E-state index in [1.54, 1.807) is 15.3 Å². The van der Waals surface area contributed by atoms with Crippen molar-refractivity contribution >= 4 is 11.7 Å². The van der Waals surface area contributed by atoms with Gasteiger partial charge in [0.25, 0.3) is 5.91 Å². The number of fused-ring (bicyclic) bond motifs is 2. The average molecular weight is 483 g/mol. The van der Waals surface area contributed by atoms with Gasteiger partial charge in [-0.15, -0.1) is 0 Å². The number of aromatic nitrogens is 6. The number of hydrogen-bond donors (Lipinski definition) is 1. The smallest absolute Gasteiger partial charge is 0.347 e. The predicted octanol–water partition coefficient (Wildman–Crippen LogP) is 3.91. The molecule has 0 fully saturated rings. The highest BCUT2D eigenvalue weighted by atomic mass is 19.4. The van der Waals surface area contributed by atoms with Crippen LogP contribution in [-0.4, -0.2) is 41.2 Å². The normalized spacial score (nSPS) is 15.9. The molecule has 0 radical (unpaired) electrons. The van der Waals surface area contributed by atoms with E-state index in [2.05, 4.69) is 25.4 Å². The molecular formula is C24H24F3N7O. The Kier molecular flexibility index (Phi) is 5.78. The number of nitrogens with zero attached hydrogens (tertiary/aromatic N) is 6. The molecule has 4 heterocycles. The van der Waals surface area contributed by atoms with Crippen LogP contribution in [0.2, 0.25) is 0 Å². The van der Waals surface area contributed by atoms with E-state index in [0.717, 1.165) is 11.1 Å².